The maximum Gasteiger partial charge on any atom is -0.0279 e. The van der Waals surface area contributed by atoms with Gasteiger partial charge >= 0.3 is 0 Å². The van der Waals surface area contributed by atoms with E-state index in [1.165, 1.54) is 56.9 Å². The van der Waals surface area contributed by atoms with Crippen LogP contribution in [0.2, 0.25) is 0 Å². The van der Waals surface area contributed by atoms with Gasteiger partial charge in [-0.1, -0.05) is 68.9 Å². The van der Waals surface area contributed by atoms with E-state index in [2.05, 4.69) is 30.3 Å². The normalized spacial score (nSPS) is 17.1. The maximum absolute atomic E-state index is 2.25. The molecule has 1 aliphatic rings. The summed E-state index contributed by atoms with van der Waals surface area (Å²) in [5, 5.41) is 0. The van der Waals surface area contributed by atoms with E-state index in [1.54, 1.807) is 0 Å². The lowest BCUT2D eigenvalue weighted by atomic mass is 9.98. The summed E-state index contributed by atoms with van der Waals surface area (Å²) >= 11 is 0. The van der Waals surface area contributed by atoms with Crippen molar-refractivity contribution in [2.45, 2.75) is 51.4 Å². The van der Waals surface area contributed by atoms with Gasteiger partial charge in [0.1, 0.15) is 0 Å². The van der Waals surface area contributed by atoms with Crippen LogP contribution >= 0.6 is 0 Å². The molecular formula is C15H22. The Bertz CT molecular complexity index is 257. The second kappa shape index (κ2) is 5.95. The number of unbranched alkanes of at least 4 members (excludes halogenated alkanes) is 1. The summed E-state index contributed by atoms with van der Waals surface area (Å²) in [6.07, 6.45) is 11.5. The molecule has 0 spiro atoms. The summed E-state index contributed by atoms with van der Waals surface area (Å²) in [4.78, 5) is 0. The molecule has 0 heteroatoms. The molecule has 1 fully saturated rings. The quantitative estimate of drug-likeness (QED) is 0.613. The lowest BCUT2D eigenvalue weighted by Crippen LogP contribution is -1.93. The third-order valence-electron chi connectivity index (χ3n) is 3.65. The van der Waals surface area contributed by atoms with Gasteiger partial charge in [0.25, 0.3) is 0 Å². The zero-order valence-electron chi connectivity index (χ0n) is 9.62. The van der Waals surface area contributed by atoms with Crippen LogP contribution in [0.3, 0.4) is 0 Å². The third-order valence-corrected chi connectivity index (χ3v) is 3.65. The van der Waals surface area contributed by atoms with Gasteiger partial charge in [-0.05, 0) is 24.3 Å². The molecule has 0 saturated heterocycles. The minimum Gasteiger partial charge on any atom is -0.0622 e. The smallest absolute Gasteiger partial charge is 0.0279 e. The van der Waals surface area contributed by atoms with Crippen molar-refractivity contribution in [1.82, 2.24) is 0 Å². The largest absolute Gasteiger partial charge is 0.0622 e. The summed E-state index contributed by atoms with van der Waals surface area (Å²) in [6, 6.07) is 10.9. The Morgan fingerprint density at radius 3 is 2.40 bits per heavy atom. The van der Waals surface area contributed by atoms with Crippen molar-refractivity contribution in [3.63, 3.8) is 0 Å². The van der Waals surface area contributed by atoms with Gasteiger partial charge in [-0.3, -0.25) is 0 Å². The summed E-state index contributed by atoms with van der Waals surface area (Å²) in [5.74, 6) is 1.07. The summed E-state index contributed by atoms with van der Waals surface area (Å²) in [6.45, 7) is 0. The van der Waals surface area contributed by atoms with Gasteiger partial charge in [-0.2, -0.15) is 0 Å². The summed E-state index contributed by atoms with van der Waals surface area (Å²) in [7, 11) is 0. The zero-order chi connectivity index (χ0) is 10.3. The van der Waals surface area contributed by atoms with E-state index < -0.39 is 0 Å². The van der Waals surface area contributed by atoms with Crippen molar-refractivity contribution in [1.29, 1.82) is 0 Å². The van der Waals surface area contributed by atoms with Crippen LogP contribution in [-0.4, -0.2) is 0 Å². The van der Waals surface area contributed by atoms with E-state index in [-0.39, 0.29) is 0 Å². The molecule has 15 heavy (non-hydrogen) atoms. The third kappa shape index (κ3) is 3.70. The van der Waals surface area contributed by atoms with Crippen molar-refractivity contribution in [2.75, 3.05) is 0 Å². The lowest BCUT2D eigenvalue weighted by molar-refractivity contribution is 0.473. The predicted octanol–water partition coefficient (Wildman–Crippen LogP) is 4.59. The standard InChI is InChI=1S/C15H22/c1-2-8-14(9-3-1)10-4-5-11-15-12-6-7-13-15/h1-3,8-9,15H,4-7,10-13H2. The molecule has 1 aromatic rings. The number of benzene rings is 1. The summed E-state index contributed by atoms with van der Waals surface area (Å²) < 4.78 is 0. The monoisotopic (exact) mass is 202 g/mol. The van der Waals surface area contributed by atoms with Crippen LogP contribution in [0.1, 0.15) is 50.5 Å². The van der Waals surface area contributed by atoms with Crippen LogP contribution in [0.5, 0.6) is 0 Å². The first kappa shape index (κ1) is 10.7. The van der Waals surface area contributed by atoms with Gasteiger partial charge in [0.05, 0.1) is 0 Å². The van der Waals surface area contributed by atoms with Crippen LogP contribution in [0.25, 0.3) is 0 Å². The van der Waals surface area contributed by atoms with Crippen molar-refractivity contribution < 1.29 is 0 Å². The molecule has 0 amide bonds. The minimum absolute atomic E-state index is 1.07. The minimum atomic E-state index is 1.07. The Labute approximate surface area is 93.7 Å². The number of aryl methyl sites for hydroxylation is 1. The SMILES string of the molecule is c1ccc(CCCCC2CCCC2)cc1. The molecular weight excluding hydrogens is 180 g/mol. The highest BCUT2D eigenvalue weighted by Crippen LogP contribution is 2.29. The van der Waals surface area contributed by atoms with Crippen LogP contribution in [0.4, 0.5) is 0 Å². The lowest BCUT2D eigenvalue weighted by Gasteiger charge is -2.07. The van der Waals surface area contributed by atoms with Gasteiger partial charge in [-0.15, -0.1) is 0 Å². The Balaban J connectivity index is 1.59. The fraction of sp³-hybridized carbons (Fsp3) is 0.600. The highest BCUT2D eigenvalue weighted by Gasteiger charge is 2.13. The Morgan fingerprint density at radius 1 is 0.933 bits per heavy atom. The molecule has 0 aliphatic heterocycles. The molecule has 0 radical (unpaired) electrons. The van der Waals surface area contributed by atoms with Crippen LogP contribution in [0.15, 0.2) is 30.3 Å². The first-order valence-electron chi connectivity index (χ1n) is 6.49. The van der Waals surface area contributed by atoms with Gasteiger partial charge in [0.15, 0.2) is 0 Å². The first-order valence-corrected chi connectivity index (χ1v) is 6.49. The summed E-state index contributed by atoms with van der Waals surface area (Å²) in [5.41, 5.74) is 1.50. The van der Waals surface area contributed by atoms with Crippen molar-refractivity contribution in [2.24, 2.45) is 5.92 Å². The highest BCUT2D eigenvalue weighted by molar-refractivity contribution is 5.14. The van der Waals surface area contributed by atoms with Crippen LogP contribution < -0.4 is 0 Å². The molecule has 2 rings (SSSR count). The Kier molecular flexibility index (Phi) is 4.25. The maximum atomic E-state index is 2.25. The molecule has 0 atom stereocenters. The van der Waals surface area contributed by atoms with Gasteiger partial charge in [0, 0.05) is 0 Å². The molecule has 0 unspecified atom stereocenters. The molecule has 0 bridgehead atoms. The highest BCUT2D eigenvalue weighted by atomic mass is 14.2. The molecule has 0 N–H and O–H groups in total. The van der Waals surface area contributed by atoms with Crippen molar-refractivity contribution in [3.8, 4) is 0 Å². The molecule has 1 aromatic carbocycles. The van der Waals surface area contributed by atoms with E-state index in [4.69, 9.17) is 0 Å². The molecule has 0 aromatic heterocycles. The van der Waals surface area contributed by atoms with Gasteiger partial charge in [-0.25, -0.2) is 0 Å². The van der Waals surface area contributed by atoms with Gasteiger partial charge in [0.2, 0.25) is 0 Å². The molecule has 0 heterocycles. The number of rotatable bonds is 5. The van der Waals surface area contributed by atoms with E-state index >= 15 is 0 Å². The van der Waals surface area contributed by atoms with Crippen molar-refractivity contribution >= 4 is 0 Å². The fourth-order valence-electron chi connectivity index (χ4n) is 2.71. The average Bonchev–Trinajstić information content (AvgIpc) is 2.79. The van der Waals surface area contributed by atoms with Gasteiger partial charge < -0.3 is 0 Å². The first-order chi connectivity index (χ1) is 7.45. The molecule has 82 valence electrons. The number of hydrogen-bond acceptors (Lipinski definition) is 0. The molecule has 1 saturated carbocycles. The zero-order valence-corrected chi connectivity index (χ0v) is 9.62. The fourth-order valence-corrected chi connectivity index (χ4v) is 2.71. The second-order valence-electron chi connectivity index (χ2n) is 4.88. The topological polar surface area (TPSA) is 0 Å². The Morgan fingerprint density at radius 2 is 1.67 bits per heavy atom. The number of hydrogen-bond donors (Lipinski definition) is 0. The average molecular weight is 202 g/mol. The molecule has 0 nitrogen and oxygen atoms in total. The van der Waals surface area contributed by atoms with Crippen LogP contribution in [0, 0.1) is 5.92 Å². The van der Waals surface area contributed by atoms with E-state index in [9.17, 15) is 0 Å². The second-order valence-corrected chi connectivity index (χ2v) is 4.88. The van der Waals surface area contributed by atoms with Crippen molar-refractivity contribution in [3.05, 3.63) is 35.9 Å². The van der Waals surface area contributed by atoms with E-state index in [0.717, 1.165) is 5.92 Å². The van der Waals surface area contributed by atoms with E-state index in [0.29, 0.717) is 0 Å². The van der Waals surface area contributed by atoms with E-state index in [1.807, 2.05) is 0 Å². The van der Waals surface area contributed by atoms with Crippen LogP contribution in [-0.2, 0) is 6.42 Å². The Hall–Kier alpha value is -0.780. The molecule has 1 aliphatic carbocycles. The predicted molar refractivity (Wildman–Crippen MR) is 66.0 cm³/mol.